The number of amides is 4. The van der Waals surface area contributed by atoms with E-state index in [9.17, 15) is 23.9 Å². The zero-order chi connectivity index (χ0) is 22.6. The third kappa shape index (κ3) is 6.06. The maximum absolute atomic E-state index is 13.6. The Labute approximate surface area is 174 Å². The van der Waals surface area contributed by atoms with Gasteiger partial charge in [-0.05, 0) is 38.5 Å². The summed E-state index contributed by atoms with van der Waals surface area (Å²) >= 11 is 0. The summed E-state index contributed by atoms with van der Waals surface area (Å²) in [6.07, 6.45) is -2.38. The number of benzene rings is 1. The van der Waals surface area contributed by atoms with Gasteiger partial charge in [0.25, 0.3) is 0 Å². The van der Waals surface area contributed by atoms with Gasteiger partial charge in [-0.1, -0.05) is 12.1 Å². The predicted octanol–water partition coefficient (Wildman–Crippen LogP) is 2.81. The average Bonchev–Trinajstić information content (AvgIpc) is 2.60. The molecule has 10 nitrogen and oxygen atoms in total. The summed E-state index contributed by atoms with van der Waals surface area (Å²) in [7, 11) is 3.07. The highest BCUT2D eigenvalue weighted by Gasteiger charge is 2.33. The van der Waals surface area contributed by atoms with Gasteiger partial charge in [0, 0.05) is 14.1 Å². The number of urea groups is 1. The number of carboxylic acid groups (broad SMARTS) is 1. The van der Waals surface area contributed by atoms with E-state index < -0.39 is 23.6 Å². The lowest BCUT2D eigenvalue weighted by Crippen LogP contribution is -2.60. The first-order valence-corrected chi connectivity index (χ1v) is 9.15. The minimum Gasteiger partial charge on any atom is -0.465 e. The van der Waals surface area contributed by atoms with Crippen LogP contribution >= 0.6 is 0 Å². The first kappa shape index (κ1) is 22.9. The largest absolute Gasteiger partial charge is 0.465 e. The smallest absolute Gasteiger partial charge is 0.437 e. The summed E-state index contributed by atoms with van der Waals surface area (Å²) in [6.45, 7) is 4.71. The van der Waals surface area contributed by atoms with Gasteiger partial charge in [0.1, 0.15) is 11.4 Å². The molecule has 1 saturated heterocycles. The zero-order valence-electron chi connectivity index (χ0n) is 17.6. The lowest BCUT2D eigenvalue weighted by molar-refractivity contribution is 0.0586. The van der Waals surface area contributed by atoms with Gasteiger partial charge in [-0.2, -0.15) is 0 Å². The Morgan fingerprint density at radius 3 is 2.33 bits per heavy atom. The normalized spacial score (nSPS) is 15.3. The molecule has 0 spiro atoms. The third-order valence-corrected chi connectivity index (χ3v) is 3.99. The third-order valence-electron chi connectivity index (χ3n) is 3.99. The lowest BCUT2D eigenvalue weighted by Gasteiger charge is -2.41. The van der Waals surface area contributed by atoms with Crippen LogP contribution in [0.4, 0.5) is 18.8 Å². The summed E-state index contributed by atoms with van der Waals surface area (Å²) in [4.78, 5) is 45.3. The average molecular weight is 423 g/mol. The van der Waals surface area contributed by atoms with Crippen LogP contribution in [0.5, 0.6) is 0 Å². The topological polar surface area (TPSA) is 106 Å². The van der Waals surface area contributed by atoms with Crippen molar-refractivity contribution in [1.29, 1.82) is 0 Å². The minimum absolute atomic E-state index is 0.00225. The van der Waals surface area contributed by atoms with Crippen molar-refractivity contribution in [3.05, 3.63) is 35.6 Å². The van der Waals surface area contributed by atoms with Crippen LogP contribution in [0.25, 0.3) is 0 Å². The van der Waals surface area contributed by atoms with Crippen LogP contribution in [-0.2, 0) is 11.3 Å². The molecule has 0 unspecified atom stereocenters. The molecule has 0 radical (unpaired) electrons. The van der Waals surface area contributed by atoms with Crippen molar-refractivity contribution in [1.82, 2.24) is 19.6 Å². The van der Waals surface area contributed by atoms with E-state index in [0.717, 1.165) is 4.90 Å². The van der Waals surface area contributed by atoms with Gasteiger partial charge in [0.2, 0.25) is 5.96 Å². The Hall–Kier alpha value is -3.37. The molecule has 164 valence electrons. The second-order valence-electron chi connectivity index (χ2n) is 7.89. The van der Waals surface area contributed by atoms with Crippen molar-refractivity contribution in [3.63, 3.8) is 0 Å². The summed E-state index contributed by atoms with van der Waals surface area (Å²) in [5.41, 5.74) is -0.475. The van der Waals surface area contributed by atoms with Crippen LogP contribution in [0.2, 0.25) is 0 Å². The van der Waals surface area contributed by atoms with Crippen molar-refractivity contribution in [2.75, 3.05) is 27.4 Å². The highest BCUT2D eigenvalue weighted by molar-refractivity contribution is 5.98. The Balaban J connectivity index is 2.44. The van der Waals surface area contributed by atoms with Crippen LogP contribution in [-0.4, -0.2) is 81.9 Å². The number of halogens is 1. The van der Waals surface area contributed by atoms with Crippen LogP contribution < -0.4 is 0 Å². The summed E-state index contributed by atoms with van der Waals surface area (Å²) in [5.74, 6) is -0.751. The fraction of sp³-hybridized carbons (Fsp3) is 0.474. The highest BCUT2D eigenvalue weighted by Crippen LogP contribution is 2.16. The second-order valence-corrected chi connectivity index (χ2v) is 7.89. The fourth-order valence-electron chi connectivity index (χ4n) is 2.81. The standard InChI is InChI=1S/C19H26FN5O5/c1-19(2,3)30-16(26)21-15(24-11-22(4)17(27)23(5)12-24)25(18(28)29)10-13-7-6-8-14(20)9-13/h6-9H,10-12H2,1-5H3,(H,28,29). The van der Waals surface area contributed by atoms with Gasteiger partial charge in [0.15, 0.2) is 0 Å². The van der Waals surface area contributed by atoms with Gasteiger partial charge in [0.05, 0.1) is 19.9 Å². The number of carbonyl (C=O) groups is 3. The predicted molar refractivity (Wildman–Crippen MR) is 106 cm³/mol. The lowest BCUT2D eigenvalue weighted by atomic mass is 10.2. The quantitative estimate of drug-likeness (QED) is 0.579. The first-order valence-electron chi connectivity index (χ1n) is 9.15. The van der Waals surface area contributed by atoms with E-state index in [1.165, 1.54) is 47.0 Å². The zero-order valence-corrected chi connectivity index (χ0v) is 17.6. The molecule has 0 saturated carbocycles. The van der Waals surface area contributed by atoms with E-state index in [2.05, 4.69) is 4.99 Å². The molecular weight excluding hydrogens is 397 g/mol. The van der Waals surface area contributed by atoms with Gasteiger partial charge < -0.3 is 24.5 Å². The molecule has 0 atom stereocenters. The molecule has 1 aromatic rings. The van der Waals surface area contributed by atoms with E-state index in [1.54, 1.807) is 26.8 Å². The number of hydrogen-bond acceptors (Lipinski definition) is 4. The molecule has 0 aliphatic carbocycles. The number of carbonyl (C=O) groups excluding carboxylic acids is 2. The van der Waals surface area contributed by atoms with Gasteiger partial charge in [-0.25, -0.2) is 23.7 Å². The summed E-state index contributed by atoms with van der Waals surface area (Å²) < 4.78 is 18.8. The first-order chi connectivity index (χ1) is 13.9. The van der Waals surface area contributed by atoms with Crippen molar-refractivity contribution >= 4 is 24.2 Å². The number of guanidine groups is 1. The molecule has 30 heavy (non-hydrogen) atoms. The van der Waals surface area contributed by atoms with Crippen LogP contribution in [0.15, 0.2) is 29.3 Å². The van der Waals surface area contributed by atoms with E-state index in [1.807, 2.05) is 0 Å². The number of ether oxygens (including phenoxy) is 1. The summed E-state index contributed by atoms with van der Waals surface area (Å²) in [5, 5.41) is 9.81. The maximum Gasteiger partial charge on any atom is 0.437 e. The number of hydrogen-bond donors (Lipinski definition) is 1. The number of rotatable bonds is 2. The number of nitrogens with zero attached hydrogens (tertiary/aromatic N) is 5. The molecule has 1 aromatic carbocycles. The molecule has 4 amide bonds. The Morgan fingerprint density at radius 2 is 1.83 bits per heavy atom. The Morgan fingerprint density at radius 1 is 1.23 bits per heavy atom. The minimum atomic E-state index is -1.40. The maximum atomic E-state index is 13.6. The monoisotopic (exact) mass is 423 g/mol. The van der Waals surface area contributed by atoms with Crippen molar-refractivity contribution in [3.8, 4) is 0 Å². The fourth-order valence-corrected chi connectivity index (χ4v) is 2.81. The molecule has 2 rings (SSSR count). The Kier molecular flexibility index (Phi) is 6.85. The molecule has 1 aliphatic rings. The van der Waals surface area contributed by atoms with Crippen LogP contribution in [0, 0.1) is 5.82 Å². The van der Waals surface area contributed by atoms with Gasteiger partial charge in [-0.3, -0.25) is 0 Å². The van der Waals surface area contributed by atoms with Crippen molar-refractivity contribution in [2.45, 2.75) is 32.9 Å². The van der Waals surface area contributed by atoms with Crippen molar-refractivity contribution in [2.24, 2.45) is 4.99 Å². The Bertz CT molecular complexity index is 840. The van der Waals surface area contributed by atoms with Crippen molar-refractivity contribution < 1.29 is 28.6 Å². The second kappa shape index (κ2) is 8.97. The molecule has 0 bridgehead atoms. The highest BCUT2D eigenvalue weighted by atomic mass is 19.1. The van der Waals surface area contributed by atoms with Gasteiger partial charge >= 0.3 is 18.2 Å². The van der Waals surface area contributed by atoms with Gasteiger partial charge in [-0.15, -0.1) is 4.99 Å². The summed E-state index contributed by atoms with van der Waals surface area (Å²) in [6, 6.07) is 5.18. The molecule has 11 heteroatoms. The SMILES string of the molecule is CN1CN(C(=NC(=O)OC(C)(C)C)N(Cc2cccc(F)c2)C(=O)O)CN(C)C1=O. The van der Waals surface area contributed by atoms with E-state index in [4.69, 9.17) is 4.74 Å². The number of aliphatic imine (C=N–C) groups is 1. The van der Waals surface area contributed by atoms with Crippen LogP contribution in [0.3, 0.4) is 0 Å². The molecule has 0 aromatic heterocycles. The van der Waals surface area contributed by atoms with E-state index >= 15 is 0 Å². The molecule has 1 fully saturated rings. The molecule has 1 N–H and O–H groups in total. The molecular formula is C19H26FN5O5. The molecule has 1 heterocycles. The van der Waals surface area contributed by atoms with Crippen LogP contribution in [0.1, 0.15) is 26.3 Å². The molecule has 1 aliphatic heterocycles. The van der Waals surface area contributed by atoms with E-state index in [0.29, 0.717) is 5.56 Å². The van der Waals surface area contributed by atoms with E-state index in [-0.39, 0.29) is 31.9 Å².